The first-order chi connectivity index (χ1) is 7.39. The molecule has 0 aliphatic carbocycles. The van der Waals surface area contributed by atoms with Crippen LogP contribution in [0.15, 0.2) is 33.7 Å². The minimum absolute atomic E-state index is 0.224. The van der Waals surface area contributed by atoms with Crippen molar-refractivity contribution in [2.75, 3.05) is 0 Å². The van der Waals surface area contributed by atoms with E-state index in [0.717, 1.165) is 12.1 Å². The molecule has 0 unspecified atom stereocenters. The number of nitrogens with one attached hydrogen (secondary N) is 1. The van der Waals surface area contributed by atoms with Gasteiger partial charge in [-0.2, -0.15) is 13.2 Å². The van der Waals surface area contributed by atoms with E-state index in [1.165, 1.54) is 12.3 Å². The Labute approximate surface area is 96.2 Å². The molecule has 0 atom stereocenters. The monoisotopic (exact) mass is 291 g/mol. The lowest BCUT2D eigenvalue weighted by Crippen LogP contribution is -2.08. The molecule has 0 aliphatic heterocycles. The highest BCUT2D eigenvalue weighted by Crippen LogP contribution is 2.32. The molecule has 1 heterocycles. The Hall–Kier alpha value is -1.30. The summed E-state index contributed by atoms with van der Waals surface area (Å²) in [6.45, 7) is 0. The van der Waals surface area contributed by atoms with Gasteiger partial charge < -0.3 is 4.98 Å². The fourth-order valence-electron chi connectivity index (χ4n) is 1.40. The van der Waals surface area contributed by atoms with Crippen molar-refractivity contribution in [2.45, 2.75) is 6.18 Å². The van der Waals surface area contributed by atoms with Gasteiger partial charge in [-0.1, -0.05) is 0 Å². The highest BCUT2D eigenvalue weighted by atomic mass is 79.9. The van der Waals surface area contributed by atoms with Gasteiger partial charge in [0, 0.05) is 21.4 Å². The van der Waals surface area contributed by atoms with E-state index in [-0.39, 0.29) is 10.8 Å². The molecule has 0 spiro atoms. The number of rotatable bonds is 0. The van der Waals surface area contributed by atoms with Crippen molar-refractivity contribution < 1.29 is 13.2 Å². The molecule has 1 aromatic heterocycles. The van der Waals surface area contributed by atoms with Gasteiger partial charge in [-0.3, -0.25) is 4.79 Å². The fraction of sp³-hybridized carbons (Fsp3) is 0.100. The van der Waals surface area contributed by atoms with Crippen molar-refractivity contribution in [3.8, 4) is 0 Å². The number of benzene rings is 1. The molecule has 0 aliphatic rings. The molecule has 0 saturated heterocycles. The van der Waals surface area contributed by atoms with E-state index in [4.69, 9.17) is 0 Å². The zero-order chi connectivity index (χ0) is 11.9. The van der Waals surface area contributed by atoms with Crippen LogP contribution in [0.4, 0.5) is 13.2 Å². The van der Waals surface area contributed by atoms with E-state index in [2.05, 4.69) is 20.9 Å². The summed E-state index contributed by atoms with van der Waals surface area (Å²) in [6, 6.07) is 3.01. The largest absolute Gasteiger partial charge is 0.416 e. The number of aromatic amines is 1. The molecule has 1 aromatic carbocycles. The maximum atomic E-state index is 12.4. The average molecular weight is 292 g/mol. The Bertz CT molecular complexity index is 603. The van der Waals surface area contributed by atoms with Gasteiger partial charge in [0.25, 0.3) is 5.56 Å². The second kappa shape index (κ2) is 3.62. The molecule has 0 bridgehead atoms. The van der Waals surface area contributed by atoms with Gasteiger partial charge in [-0.05, 0) is 34.1 Å². The third-order valence-electron chi connectivity index (χ3n) is 2.18. The number of hydrogen-bond donors (Lipinski definition) is 1. The van der Waals surface area contributed by atoms with Crippen LogP contribution in [-0.2, 0) is 6.18 Å². The van der Waals surface area contributed by atoms with Gasteiger partial charge in [-0.15, -0.1) is 0 Å². The van der Waals surface area contributed by atoms with Crippen molar-refractivity contribution >= 4 is 26.7 Å². The van der Waals surface area contributed by atoms with Gasteiger partial charge in [0.15, 0.2) is 0 Å². The zero-order valence-electron chi connectivity index (χ0n) is 7.73. The van der Waals surface area contributed by atoms with E-state index < -0.39 is 17.3 Å². The summed E-state index contributed by atoms with van der Waals surface area (Å²) < 4.78 is 37.8. The standard InChI is InChI=1S/C10H5BrF3NO/c11-8-4-15-9(16)6-2-1-5(3-7(6)8)10(12,13)14/h1-4H,(H,15,16). The first-order valence-corrected chi connectivity index (χ1v) is 5.07. The highest BCUT2D eigenvalue weighted by molar-refractivity contribution is 9.10. The Balaban J connectivity index is 2.81. The number of fused-ring (bicyclic) bond motifs is 1. The summed E-state index contributed by atoms with van der Waals surface area (Å²) >= 11 is 3.09. The quantitative estimate of drug-likeness (QED) is 0.794. The number of aromatic nitrogens is 1. The minimum Gasteiger partial charge on any atom is -0.327 e. The Kier molecular flexibility index (Phi) is 2.53. The van der Waals surface area contributed by atoms with Crippen LogP contribution in [0.3, 0.4) is 0 Å². The Morgan fingerprint density at radius 3 is 2.50 bits per heavy atom. The van der Waals surface area contributed by atoms with Gasteiger partial charge in [-0.25, -0.2) is 0 Å². The number of H-pyrrole nitrogens is 1. The first-order valence-electron chi connectivity index (χ1n) is 4.28. The molecule has 6 heteroatoms. The molecule has 2 rings (SSSR count). The maximum absolute atomic E-state index is 12.4. The first kappa shape index (κ1) is 11.2. The number of pyridine rings is 1. The van der Waals surface area contributed by atoms with Crippen LogP contribution in [0.1, 0.15) is 5.56 Å². The van der Waals surface area contributed by atoms with Crippen LogP contribution in [0, 0.1) is 0 Å². The van der Waals surface area contributed by atoms with Crippen molar-refractivity contribution in [3.05, 3.63) is 44.8 Å². The van der Waals surface area contributed by atoms with Crippen LogP contribution in [0.2, 0.25) is 0 Å². The third kappa shape index (κ3) is 1.84. The van der Waals surface area contributed by atoms with Crippen LogP contribution >= 0.6 is 15.9 Å². The normalized spacial score (nSPS) is 12.0. The summed E-state index contributed by atoms with van der Waals surface area (Å²) in [4.78, 5) is 13.8. The molecular weight excluding hydrogens is 287 g/mol. The summed E-state index contributed by atoms with van der Waals surface area (Å²) in [5.41, 5.74) is -1.18. The molecule has 84 valence electrons. The molecule has 16 heavy (non-hydrogen) atoms. The third-order valence-corrected chi connectivity index (χ3v) is 2.83. The van der Waals surface area contributed by atoms with E-state index in [1.54, 1.807) is 0 Å². The zero-order valence-corrected chi connectivity index (χ0v) is 9.32. The Morgan fingerprint density at radius 1 is 1.19 bits per heavy atom. The van der Waals surface area contributed by atoms with Crippen molar-refractivity contribution in [2.24, 2.45) is 0 Å². The summed E-state index contributed by atoms with van der Waals surface area (Å²) in [7, 11) is 0. The van der Waals surface area contributed by atoms with Crippen molar-refractivity contribution in [3.63, 3.8) is 0 Å². The minimum atomic E-state index is -4.41. The van der Waals surface area contributed by atoms with Crippen LogP contribution in [0.5, 0.6) is 0 Å². The molecular formula is C10H5BrF3NO. The van der Waals surface area contributed by atoms with E-state index in [9.17, 15) is 18.0 Å². The summed E-state index contributed by atoms with van der Waals surface area (Å²) in [6.07, 6.45) is -3.08. The van der Waals surface area contributed by atoms with E-state index in [0.29, 0.717) is 4.47 Å². The molecule has 0 fully saturated rings. The van der Waals surface area contributed by atoms with Gasteiger partial charge >= 0.3 is 6.18 Å². The number of halogens is 4. The maximum Gasteiger partial charge on any atom is 0.416 e. The van der Waals surface area contributed by atoms with Crippen LogP contribution in [-0.4, -0.2) is 4.98 Å². The van der Waals surface area contributed by atoms with Crippen molar-refractivity contribution in [1.82, 2.24) is 4.98 Å². The van der Waals surface area contributed by atoms with E-state index in [1.807, 2.05) is 0 Å². The van der Waals surface area contributed by atoms with E-state index >= 15 is 0 Å². The number of hydrogen-bond acceptors (Lipinski definition) is 1. The lowest BCUT2D eigenvalue weighted by molar-refractivity contribution is -0.137. The lowest BCUT2D eigenvalue weighted by Gasteiger charge is -2.07. The predicted molar refractivity (Wildman–Crippen MR) is 57.3 cm³/mol. The predicted octanol–water partition coefficient (Wildman–Crippen LogP) is 3.31. The second-order valence-corrected chi connectivity index (χ2v) is 4.08. The SMILES string of the molecule is O=c1[nH]cc(Br)c2cc(C(F)(F)F)ccc12. The number of alkyl halides is 3. The fourth-order valence-corrected chi connectivity index (χ4v) is 1.84. The molecule has 2 aromatic rings. The molecule has 0 amide bonds. The van der Waals surface area contributed by atoms with Crippen molar-refractivity contribution in [1.29, 1.82) is 0 Å². The Morgan fingerprint density at radius 2 is 1.88 bits per heavy atom. The average Bonchev–Trinajstić information content (AvgIpc) is 2.22. The van der Waals surface area contributed by atoms with Gasteiger partial charge in [0.05, 0.1) is 5.56 Å². The molecule has 0 saturated carbocycles. The molecule has 2 nitrogen and oxygen atoms in total. The summed E-state index contributed by atoms with van der Waals surface area (Å²) in [5, 5.41) is 0.473. The summed E-state index contributed by atoms with van der Waals surface area (Å²) in [5.74, 6) is 0. The van der Waals surface area contributed by atoms with Gasteiger partial charge in [0.1, 0.15) is 0 Å². The molecule has 0 radical (unpaired) electrons. The highest BCUT2D eigenvalue weighted by Gasteiger charge is 2.30. The molecule has 1 N–H and O–H groups in total. The second-order valence-electron chi connectivity index (χ2n) is 3.22. The van der Waals surface area contributed by atoms with Gasteiger partial charge in [0.2, 0.25) is 0 Å². The topological polar surface area (TPSA) is 32.9 Å². The van der Waals surface area contributed by atoms with Crippen LogP contribution in [0.25, 0.3) is 10.8 Å². The smallest absolute Gasteiger partial charge is 0.327 e. The van der Waals surface area contributed by atoms with Crippen LogP contribution < -0.4 is 5.56 Å². The lowest BCUT2D eigenvalue weighted by atomic mass is 10.1.